The minimum Gasteiger partial charge on any atom is -0.392 e. The maximum atomic E-state index is 9.67. The van der Waals surface area contributed by atoms with Crippen LogP contribution in [-0.4, -0.2) is 17.3 Å². The summed E-state index contributed by atoms with van der Waals surface area (Å²) in [4.78, 5) is 0. The summed E-state index contributed by atoms with van der Waals surface area (Å²) in [6, 6.07) is 7.53. The molecule has 0 bridgehead atoms. The van der Waals surface area contributed by atoms with E-state index in [0.717, 1.165) is 10.6 Å². The van der Waals surface area contributed by atoms with Gasteiger partial charge < -0.3 is 10.8 Å². The summed E-state index contributed by atoms with van der Waals surface area (Å²) in [5.74, 6) is 0.268. The van der Waals surface area contributed by atoms with Gasteiger partial charge >= 0.3 is 0 Å². The lowest BCUT2D eigenvalue weighted by Gasteiger charge is -2.19. The molecule has 0 amide bonds. The van der Waals surface area contributed by atoms with Crippen LogP contribution in [0.25, 0.3) is 0 Å². The zero-order valence-corrected chi connectivity index (χ0v) is 9.91. The smallest absolute Gasteiger partial charge is 0.0694 e. The predicted octanol–water partition coefficient (Wildman–Crippen LogP) is 2.54. The molecule has 0 saturated carbocycles. The quantitative estimate of drug-likeness (QED) is 0.831. The van der Waals surface area contributed by atoms with Crippen molar-refractivity contribution in [1.29, 1.82) is 0 Å². The number of rotatable bonds is 4. The average molecular weight is 228 g/mol. The van der Waals surface area contributed by atoms with Gasteiger partial charge in [-0.25, -0.2) is 0 Å². The molecule has 0 aromatic heterocycles. The van der Waals surface area contributed by atoms with Gasteiger partial charge in [0.2, 0.25) is 0 Å². The van der Waals surface area contributed by atoms with Crippen molar-refractivity contribution in [3.05, 3.63) is 34.9 Å². The number of aliphatic hydroxyl groups excluding tert-OH is 1. The largest absolute Gasteiger partial charge is 0.392 e. The van der Waals surface area contributed by atoms with Gasteiger partial charge in [-0.1, -0.05) is 30.7 Å². The lowest BCUT2D eigenvalue weighted by molar-refractivity contribution is 0.134. The van der Waals surface area contributed by atoms with Crippen LogP contribution in [-0.2, 0) is 0 Å². The van der Waals surface area contributed by atoms with Crippen LogP contribution in [0.5, 0.6) is 0 Å². The lowest BCUT2D eigenvalue weighted by atomic mass is 9.93. The second kappa shape index (κ2) is 5.50. The van der Waals surface area contributed by atoms with Crippen LogP contribution in [0.2, 0.25) is 5.02 Å². The first-order chi connectivity index (χ1) is 7.00. The summed E-state index contributed by atoms with van der Waals surface area (Å²) in [6.45, 7) is 3.88. The summed E-state index contributed by atoms with van der Waals surface area (Å²) in [5.41, 5.74) is 6.76. The first kappa shape index (κ1) is 12.5. The molecule has 1 aromatic rings. The van der Waals surface area contributed by atoms with Crippen LogP contribution in [0.1, 0.15) is 31.7 Å². The van der Waals surface area contributed by atoms with E-state index in [4.69, 9.17) is 17.3 Å². The Labute approximate surface area is 96.1 Å². The highest BCUT2D eigenvalue weighted by atomic mass is 35.5. The Morgan fingerprint density at radius 2 is 2.07 bits per heavy atom. The number of hydrogen-bond donors (Lipinski definition) is 2. The molecule has 0 heterocycles. The molecule has 3 N–H and O–H groups in total. The van der Waals surface area contributed by atoms with Gasteiger partial charge in [-0.3, -0.25) is 0 Å². The van der Waals surface area contributed by atoms with E-state index in [1.54, 1.807) is 0 Å². The molecule has 0 fully saturated rings. The normalized spacial score (nSPS) is 17.1. The predicted molar refractivity (Wildman–Crippen MR) is 64.1 cm³/mol. The first-order valence-electron chi connectivity index (χ1n) is 5.20. The Balaban J connectivity index is 2.64. The molecule has 0 saturated heterocycles. The third-order valence-corrected chi connectivity index (χ3v) is 2.85. The molecular formula is C12H18ClNO. The van der Waals surface area contributed by atoms with E-state index < -0.39 is 6.10 Å². The minimum atomic E-state index is -0.459. The Hall–Kier alpha value is -0.570. The van der Waals surface area contributed by atoms with Gasteiger partial charge in [-0.2, -0.15) is 0 Å². The first-order valence-corrected chi connectivity index (χ1v) is 5.57. The number of nitrogens with two attached hydrogens (primary N) is 1. The fourth-order valence-corrected chi connectivity index (χ4v) is 1.72. The molecule has 3 unspecified atom stereocenters. The molecule has 84 valence electrons. The van der Waals surface area contributed by atoms with E-state index in [9.17, 15) is 5.11 Å². The standard InChI is InChI=1S/C12H18ClNO/c1-8(6-12(15)9(2)14)10-4-3-5-11(13)7-10/h3-5,7-9,12,15H,6,14H2,1-2H3. The van der Waals surface area contributed by atoms with Crippen molar-refractivity contribution >= 4 is 11.6 Å². The SMILES string of the molecule is CC(CC(O)C(C)N)c1cccc(Cl)c1. The van der Waals surface area contributed by atoms with E-state index in [1.807, 2.05) is 31.2 Å². The van der Waals surface area contributed by atoms with Crippen LogP contribution in [0.15, 0.2) is 24.3 Å². The van der Waals surface area contributed by atoms with Crippen molar-refractivity contribution < 1.29 is 5.11 Å². The summed E-state index contributed by atoms with van der Waals surface area (Å²) in [5, 5.41) is 10.4. The summed E-state index contributed by atoms with van der Waals surface area (Å²) in [7, 11) is 0. The second-order valence-corrected chi connectivity index (χ2v) is 4.55. The van der Waals surface area contributed by atoms with Gasteiger partial charge in [0.1, 0.15) is 0 Å². The van der Waals surface area contributed by atoms with Crippen LogP contribution in [0, 0.1) is 0 Å². The number of hydrogen-bond acceptors (Lipinski definition) is 2. The van der Waals surface area contributed by atoms with Gasteiger partial charge in [-0.05, 0) is 37.0 Å². The van der Waals surface area contributed by atoms with E-state index in [1.165, 1.54) is 0 Å². The van der Waals surface area contributed by atoms with Gasteiger partial charge in [0.05, 0.1) is 6.10 Å². The molecular weight excluding hydrogens is 210 g/mol. The van der Waals surface area contributed by atoms with Gasteiger partial charge in [0.25, 0.3) is 0 Å². The second-order valence-electron chi connectivity index (χ2n) is 4.12. The fourth-order valence-electron chi connectivity index (χ4n) is 1.53. The third kappa shape index (κ3) is 3.82. The van der Waals surface area contributed by atoms with Gasteiger partial charge in [-0.15, -0.1) is 0 Å². The van der Waals surface area contributed by atoms with Gasteiger partial charge in [0.15, 0.2) is 0 Å². The Morgan fingerprint density at radius 1 is 1.40 bits per heavy atom. The molecule has 2 nitrogen and oxygen atoms in total. The highest BCUT2D eigenvalue weighted by molar-refractivity contribution is 6.30. The Morgan fingerprint density at radius 3 is 2.60 bits per heavy atom. The molecule has 3 heteroatoms. The van der Waals surface area contributed by atoms with Crippen molar-refractivity contribution in [1.82, 2.24) is 0 Å². The molecule has 3 atom stereocenters. The molecule has 0 aliphatic heterocycles. The average Bonchev–Trinajstić information content (AvgIpc) is 2.17. The van der Waals surface area contributed by atoms with Gasteiger partial charge in [0, 0.05) is 11.1 Å². The topological polar surface area (TPSA) is 46.2 Å². The summed E-state index contributed by atoms with van der Waals surface area (Å²) < 4.78 is 0. The third-order valence-electron chi connectivity index (χ3n) is 2.62. The maximum absolute atomic E-state index is 9.67. The van der Waals surface area contributed by atoms with Crippen molar-refractivity contribution in [2.75, 3.05) is 0 Å². The maximum Gasteiger partial charge on any atom is 0.0694 e. The molecule has 1 aromatic carbocycles. The molecule has 0 spiro atoms. The van der Waals surface area contributed by atoms with Crippen molar-refractivity contribution in [3.8, 4) is 0 Å². The number of halogens is 1. The van der Waals surface area contributed by atoms with E-state index in [2.05, 4.69) is 6.92 Å². The number of aliphatic hydroxyl groups is 1. The van der Waals surface area contributed by atoms with E-state index in [0.29, 0.717) is 6.42 Å². The minimum absolute atomic E-state index is 0.188. The highest BCUT2D eigenvalue weighted by Gasteiger charge is 2.15. The summed E-state index contributed by atoms with van der Waals surface area (Å²) >= 11 is 5.90. The fraction of sp³-hybridized carbons (Fsp3) is 0.500. The van der Waals surface area contributed by atoms with Crippen molar-refractivity contribution in [2.24, 2.45) is 5.73 Å². The van der Waals surface area contributed by atoms with Crippen LogP contribution in [0.3, 0.4) is 0 Å². The van der Waals surface area contributed by atoms with Crippen molar-refractivity contribution in [3.63, 3.8) is 0 Å². The molecule has 0 radical (unpaired) electrons. The zero-order chi connectivity index (χ0) is 11.4. The Bertz CT molecular complexity index is 314. The van der Waals surface area contributed by atoms with E-state index >= 15 is 0 Å². The number of benzene rings is 1. The van der Waals surface area contributed by atoms with E-state index in [-0.39, 0.29) is 12.0 Å². The molecule has 15 heavy (non-hydrogen) atoms. The summed E-state index contributed by atoms with van der Waals surface area (Å²) in [6.07, 6.45) is 0.205. The zero-order valence-electron chi connectivity index (χ0n) is 9.15. The monoisotopic (exact) mass is 227 g/mol. The Kier molecular flexibility index (Phi) is 4.58. The highest BCUT2D eigenvalue weighted by Crippen LogP contribution is 2.23. The molecule has 0 aliphatic carbocycles. The van der Waals surface area contributed by atoms with Crippen LogP contribution < -0.4 is 5.73 Å². The molecule has 1 rings (SSSR count). The van der Waals surface area contributed by atoms with Crippen LogP contribution in [0.4, 0.5) is 0 Å². The van der Waals surface area contributed by atoms with Crippen molar-refractivity contribution in [2.45, 2.75) is 38.3 Å². The molecule has 0 aliphatic rings. The van der Waals surface area contributed by atoms with Crippen LogP contribution >= 0.6 is 11.6 Å². The lowest BCUT2D eigenvalue weighted by Crippen LogP contribution is -2.32.